The van der Waals surface area contributed by atoms with Crippen LogP contribution in [-0.4, -0.2) is 0 Å². The molecule has 0 aromatic heterocycles. The Morgan fingerprint density at radius 3 is 1.42 bits per heavy atom. The molecule has 2 aliphatic carbocycles. The molecule has 2 aliphatic rings. The molecule has 0 spiro atoms. The molecule has 0 aliphatic heterocycles. The number of halogens is 5. The highest BCUT2D eigenvalue weighted by atomic mass is 19.2. The van der Waals surface area contributed by atoms with Crippen LogP contribution in [0.4, 0.5) is 22.0 Å². The lowest BCUT2D eigenvalue weighted by Gasteiger charge is -2.30. The van der Waals surface area contributed by atoms with E-state index in [0.29, 0.717) is 23.6 Å². The van der Waals surface area contributed by atoms with E-state index in [-0.39, 0.29) is 11.5 Å². The van der Waals surface area contributed by atoms with Gasteiger partial charge in [0.05, 0.1) is 5.56 Å². The van der Waals surface area contributed by atoms with Gasteiger partial charge in [0.2, 0.25) is 0 Å². The van der Waals surface area contributed by atoms with E-state index in [4.69, 9.17) is 0 Å². The Hall–Kier alpha value is -1.91. The normalized spacial score (nSPS) is 24.1. The van der Waals surface area contributed by atoms with Gasteiger partial charge in [0.1, 0.15) is 11.6 Å². The van der Waals surface area contributed by atoms with Gasteiger partial charge < -0.3 is 0 Å². The Labute approximate surface area is 225 Å². The maximum absolute atomic E-state index is 14.9. The minimum Gasteiger partial charge on any atom is -0.206 e. The molecular weight excluding hydrogens is 491 g/mol. The van der Waals surface area contributed by atoms with Gasteiger partial charge in [0.25, 0.3) is 0 Å². The quantitative estimate of drug-likeness (QED) is 0.153. The van der Waals surface area contributed by atoms with Crippen molar-refractivity contribution >= 4 is 0 Å². The molecular formula is C33H43F5. The van der Waals surface area contributed by atoms with Crippen molar-refractivity contribution in [2.24, 2.45) is 17.8 Å². The van der Waals surface area contributed by atoms with Crippen molar-refractivity contribution < 1.29 is 22.0 Å². The summed E-state index contributed by atoms with van der Waals surface area (Å²) in [5, 5.41) is 0. The lowest BCUT2D eigenvalue weighted by Crippen LogP contribution is -2.15. The molecule has 2 saturated carbocycles. The molecule has 5 heteroatoms. The fourth-order valence-corrected chi connectivity index (χ4v) is 6.95. The van der Waals surface area contributed by atoms with E-state index in [1.54, 1.807) is 0 Å². The highest BCUT2D eigenvalue weighted by Crippen LogP contribution is 2.40. The molecule has 0 unspecified atom stereocenters. The highest BCUT2D eigenvalue weighted by molar-refractivity contribution is 5.65. The van der Waals surface area contributed by atoms with Crippen LogP contribution in [0.15, 0.2) is 24.3 Å². The third-order valence-electron chi connectivity index (χ3n) is 9.31. The van der Waals surface area contributed by atoms with E-state index in [1.165, 1.54) is 89.2 Å². The summed E-state index contributed by atoms with van der Waals surface area (Å²) in [6.07, 6.45) is 20.3. The summed E-state index contributed by atoms with van der Waals surface area (Å²) in [5.74, 6) is -3.67. The molecule has 2 aromatic rings. The van der Waals surface area contributed by atoms with E-state index in [1.807, 2.05) is 0 Å². The number of benzene rings is 2. The van der Waals surface area contributed by atoms with Crippen molar-refractivity contribution in [1.82, 2.24) is 0 Å². The van der Waals surface area contributed by atoms with Crippen molar-refractivity contribution in [2.75, 3.05) is 0 Å². The van der Waals surface area contributed by atoms with Crippen molar-refractivity contribution in [3.05, 3.63) is 58.9 Å². The number of hydrogen-bond donors (Lipinski definition) is 0. The summed E-state index contributed by atoms with van der Waals surface area (Å²) in [5.41, 5.74) is -0.271. The minimum absolute atomic E-state index is 0.0819. The summed E-state index contributed by atoms with van der Waals surface area (Å²) in [6.45, 7) is 2.27. The second-order valence-electron chi connectivity index (χ2n) is 12.0. The molecule has 0 heterocycles. The Balaban J connectivity index is 1.19. The van der Waals surface area contributed by atoms with Crippen molar-refractivity contribution in [2.45, 2.75) is 116 Å². The van der Waals surface area contributed by atoms with Crippen molar-refractivity contribution in [1.29, 1.82) is 0 Å². The fraction of sp³-hybridized carbons (Fsp3) is 0.636. The van der Waals surface area contributed by atoms with Crippen molar-refractivity contribution in [3.63, 3.8) is 0 Å². The predicted molar refractivity (Wildman–Crippen MR) is 144 cm³/mol. The standard InChI is InChI=1S/C33H43F5/c1-2-3-4-7-22-10-12-23(13-11-22)8-5-6-9-24-14-16-25(17-15-24)26-18-28(34)32(29(35)19-26)27-20-30(36)33(38)31(37)21-27/h18-25H,2-17H2,1H3. The molecule has 0 radical (unpaired) electrons. The Morgan fingerprint density at radius 2 is 0.974 bits per heavy atom. The first-order valence-electron chi connectivity index (χ1n) is 15.0. The van der Waals surface area contributed by atoms with Crippen LogP contribution in [0.1, 0.15) is 121 Å². The molecule has 4 rings (SSSR count). The van der Waals surface area contributed by atoms with E-state index >= 15 is 0 Å². The van der Waals surface area contributed by atoms with Crippen LogP contribution in [0.3, 0.4) is 0 Å². The largest absolute Gasteiger partial charge is 0.206 e. The van der Waals surface area contributed by atoms with Crippen LogP contribution >= 0.6 is 0 Å². The zero-order valence-corrected chi connectivity index (χ0v) is 22.8. The molecule has 38 heavy (non-hydrogen) atoms. The smallest absolute Gasteiger partial charge is 0.194 e. The Kier molecular flexibility index (Phi) is 10.7. The summed E-state index contributed by atoms with van der Waals surface area (Å²) in [7, 11) is 0. The van der Waals surface area contributed by atoms with Crippen LogP contribution in [-0.2, 0) is 0 Å². The number of hydrogen-bond acceptors (Lipinski definition) is 0. The second kappa shape index (κ2) is 13.9. The maximum atomic E-state index is 14.9. The van der Waals surface area contributed by atoms with Crippen LogP contribution in [0.25, 0.3) is 11.1 Å². The van der Waals surface area contributed by atoms with Crippen LogP contribution in [0.2, 0.25) is 0 Å². The lowest BCUT2D eigenvalue weighted by atomic mass is 9.76. The van der Waals surface area contributed by atoms with E-state index < -0.39 is 34.6 Å². The van der Waals surface area contributed by atoms with E-state index in [2.05, 4.69) is 6.92 Å². The van der Waals surface area contributed by atoms with E-state index in [0.717, 1.165) is 37.5 Å². The molecule has 2 fully saturated rings. The monoisotopic (exact) mass is 534 g/mol. The summed E-state index contributed by atoms with van der Waals surface area (Å²) in [4.78, 5) is 0. The molecule has 210 valence electrons. The Bertz CT molecular complexity index is 986. The van der Waals surface area contributed by atoms with Gasteiger partial charge in [-0.3, -0.25) is 0 Å². The van der Waals surface area contributed by atoms with E-state index in [9.17, 15) is 22.0 Å². The lowest BCUT2D eigenvalue weighted by molar-refractivity contribution is 0.240. The predicted octanol–water partition coefficient (Wildman–Crippen LogP) is 11.3. The second-order valence-corrected chi connectivity index (χ2v) is 12.0. The van der Waals surface area contributed by atoms with Gasteiger partial charge in [-0.25, -0.2) is 22.0 Å². The third-order valence-corrected chi connectivity index (χ3v) is 9.31. The number of unbranched alkanes of at least 4 members (excludes halogenated alkanes) is 3. The van der Waals surface area contributed by atoms with Gasteiger partial charge in [-0.1, -0.05) is 84.0 Å². The SMILES string of the molecule is CCCCCC1CCC(CCCCC2CCC(c3cc(F)c(-c4cc(F)c(F)c(F)c4)c(F)c3)CC2)CC1. The third kappa shape index (κ3) is 7.60. The minimum atomic E-state index is -1.65. The van der Waals surface area contributed by atoms with Crippen molar-refractivity contribution in [3.8, 4) is 11.1 Å². The highest BCUT2D eigenvalue weighted by Gasteiger charge is 2.26. The molecule has 0 nitrogen and oxygen atoms in total. The van der Waals surface area contributed by atoms with Gasteiger partial charge >= 0.3 is 0 Å². The zero-order chi connectivity index (χ0) is 27.1. The first-order chi connectivity index (χ1) is 18.4. The van der Waals surface area contributed by atoms with Gasteiger partial charge in [-0.15, -0.1) is 0 Å². The number of rotatable bonds is 11. The molecule has 0 saturated heterocycles. The topological polar surface area (TPSA) is 0 Å². The molecule has 2 aromatic carbocycles. The van der Waals surface area contributed by atoms with Crippen LogP contribution in [0, 0.1) is 46.8 Å². The summed E-state index contributed by atoms with van der Waals surface area (Å²) in [6, 6.07) is 3.82. The van der Waals surface area contributed by atoms with Gasteiger partial charge in [-0.2, -0.15) is 0 Å². The molecule has 0 bridgehead atoms. The van der Waals surface area contributed by atoms with Gasteiger partial charge in [0, 0.05) is 0 Å². The average Bonchev–Trinajstić information content (AvgIpc) is 2.90. The first-order valence-corrected chi connectivity index (χ1v) is 15.0. The Morgan fingerprint density at radius 1 is 0.553 bits per heavy atom. The van der Waals surface area contributed by atoms with Gasteiger partial charge in [0.15, 0.2) is 17.5 Å². The zero-order valence-electron chi connectivity index (χ0n) is 22.8. The van der Waals surface area contributed by atoms with Crippen LogP contribution < -0.4 is 0 Å². The average molecular weight is 535 g/mol. The summed E-state index contributed by atoms with van der Waals surface area (Å²) < 4.78 is 70.2. The summed E-state index contributed by atoms with van der Waals surface area (Å²) >= 11 is 0. The molecule has 0 atom stereocenters. The molecule has 0 N–H and O–H groups in total. The fourth-order valence-electron chi connectivity index (χ4n) is 6.95. The molecule has 0 amide bonds. The van der Waals surface area contributed by atoms with Gasteiger partial charge in [-0.05, 0) is 84.7 Å². The van der Waals surface area contributed by atoms with Crippen LogP contribution in [0.5, 0.6) is 0 Å². The first kappa shape index (κ1) is 29.1. The maximum Gasteiger partial charge on any atom is 0.194 e.